The molecule has 0 aromatic heterocycles. The van der Waals surface area contributed by atoms with E-state index in [1.807, 2.05) is 0 Å². The van der Waals surface area contributed by atoms with Gasteiger partial charge in [0.25, 0.3) is 5.91 Å². The molecule has 3 amide bonds. The molecule has 0 spiro atoms. The van der Waals surface area contributed by atoms with E-state index in [1.165, 1.54) is 9.80 Å². The van der Waals surface area contributed by atoms with Crippen LogP contribution in [0.25, 0.3) is 0 Å². The minimum Gasteiger partial charge on any atom is -0.447 e. The average molecular weight is 444 g/mol. The Balaban J connectivity index is 1.55. The van der Waals surface area contributed by atoms with Crippen molar-refractivity contribution in [3.63, 3.8) is 0 Å². The lowest BCUT2D eigenvalue weighted by atomic mass is 9.82. The van der Waals surface area contributed by atoms with Gasteiger partial charge >= 0.3 is 6.09 Å². The fourth-order valence-corrected chi connectivity index (χ4v) is 4.82. The molecule has 172 valence electrons. The Labute approximate surface area is 186 Å². The van der Waals surface area contributed by atoms with Crippen molar-refractivity contribution in [1.82, 2.24) is 4.90 Å². The molecule has 9 heteroatoms. The van der Waals surface area contributed by atoms with Crippen molar-refractivity contribution in [2.24, 2.45) is 5.92 Å². The van der Waals surface area contributed by atoms with Crippen molar-refractivity contribution in [3.05, 3.63) is 35.9 Å². The van der Waals surface area contributed by atoms with Crippen LogP contribution in [-0.4, -0.2) is 72.4 Å². The van der Waals surface area contributed by atoms with Gasteiger partial charge in [-0.25, -0.2) is 4.79 Å². The number of benzene rings is 1. The number of amides is 3. The molecular weight excluding hydrogens is 414 g/mol. The number of likely N-dealkylation sites (N-methyl/N-ethyl adjacent to an activating group) is 1. The SMILES string of the molecule is C[C@@H](/C=C/CC(=O)N1CCC[C@H]1CO)[C@]1(O)C(=O)N(C)c2ccc(N3CCOC3=O)cc21. The van der Waals surface area contributed by atoms with Crippen LogP contribution in [0.2, 0.25) is 0 Å². The second-order valence-electron chi connectivity index (χ2n) is 8.58. The third-order valence-electron chi connectivity index (χ3n) is 6.74. The molecule has 3 atom stereocenters. The maximum atomic E-state index is 13.0. The summed E-state index contributed by atoms with van der Waals surface area (Å²) < 4.78 is 5.00. The number of hydrogen-bond acceptors (Lipinski definition) is 6. The monoisotopic (exact) mass is 443 g/mol. The predicted octanol–water partition coefficient (Wildman–Crippen LogP) is 1.37. The molecule has 2 N–H and O–H groups in total. The van der Waals surface area contributed by atoms with E-state index in [4.69, 9.17) is 4.74 Å². The van der Waals surface area contributed by atoms with E-state index in [-0.39, 0.29) is 25.0 Å². The van der Waals surface area contributed by atoms with E-state index in [1.54, 1.807) is 49.2 Å². The Kier molecular flexibility index (Phi) is 5.96. The summed E-state index contributed by atoms with van der Waals surface area (Å²) in [6, 6.07) is 4.97. The third-order valence-corrected chi connectivity index (χ3v) is 6.74. The average Bonchev–Trinajstić information content (AvgIpc) is 3.49. The number of aliphatic hydroxyl groups excluding tert-OH is 1. The van der Waals surface area contributed by atoms with Crippen LogP contribution in [0.15, 0.2) is 30.4 Å². The summed E-state index contributed by atoms with van der Waals surface area (Å²) in [5.41, 5.74) is -0.258. The molecule has 0 aliphatic carbocycles. The zero-order valence-corrected chi connectivity index (χ0v) is 18.4. The number of cyclic esters (lactones) is 1. The Morgan fingerprint density at radius 1 is 1.34 bits per heavy atom. The van der Waals surface area contributed by atoms with Crippen molar-refractivity contribution in [1.29, 1.82) is 0 Å². The number of anilines is 2. The third kappa shape index (κ3) is 3.55. The fourth-order valence-electron chi connectivity index (χ4n) is 4.82. The molecule has 32 heavy (non-hydrogen) atoms. The fraction of sp³-hybridized carbons (Fsp3) is 0.522. The summed E-state index contributed by atoms with van der Waals surface area (Å²) in [7, 11) is 1.60. The highest BCUT2D eigenvalue weighted by molar-refractivity contribution is 6.07. The quantitative estimate of drug-likeness (QED) is 0.643. The standard InChI is InChI=1S/C23H29N3O6/c1-15(5-3-7-20(28)25-10-4-6-17(25)14-27)23(31)18-13-16(26-11-12-32-22(26)30)8-9-19(18)24(2)21(23)29/h3,5,8-9,13,15,17,27,31H,4,6-7,10-12,14H2,1-2H3/b5-3+/t15-,17-,23+/m0/s1. The number of aliphatic hydroxyl groups is 2. The topological polar surface area (TPSA) is 111 Å². The Bertz CT molecular complexity index is 963. The molecule has 3 aliphatic rings. The van der Waals surface area contributed by atoms with Crippen LogP contribution in [-0.2, 0) is 19.9 Å². The minimum atomic E-state index is -1.81. The van der Waals surface area contributed by atoms with Crippen LogP contribution >= 0.6 is 0 Å². The van der Waals surface area contributed by atoms with Crippen LogP contribution in [0, 0.1) is 5.92 Å². The molecule has 3 aliphatic heterocycles. The van der Waals surface area contributed by atoms with Gasteiger partial charge < -0.3 is 24.7 Å². The van der Waals surface area contributed by atoms with Gasteiger partial charge in [0.05, 0.1) is 24.9 Å². The molecule has 0 unspecified atom stereocenters. The highest BCUT2D eigenvalue weighted by Crippen LogP contribution is 2.46. The first-order chi connectivity index (χ1) is 15.3. The van der Waals surface area contributed by atoms with E-state index in [0.717, 1.165) is 12.8 Å². The van der Waals surface area contributed by atoms with Gasteiger partial charge in [-0.05, 0) is 31.0 Å². The van der Waals surface area contributed by atoms with Gasteiger partial charge in [0.2, 0.25) is 5.91 Å². The molecular formula is C23H29N3O6. The number of nitrogens with zero attached hydrogens (tertiary/aromatic N) is 3. The van der Waals surface area contributed by atoms with Crippen molar-refractivity contribution >= 4 is 29.3 Å². The van der Waals surface area contributed by atoms with Gasteiger partial charge in [-0.3, -0.25) is 14.5 Å². The smallest absolute Gasteiger partial charge is 0.414 e. The summed E-state index contributed by atoms with van der Waals surface area (Å²) in [4.78, 5) is 42.1. The van der Waals surface area contributed by atoms with Crippen LogP contribution in [0.1, 0.15) is 31.7 Å². The van der Waals surface area contributed by atoms with E-state index < -0.39 is 23.5 Å². The maximum absolute atomic E-state index is 13.0. The first kappa shape index (κ1) is 22.3. The number of likely N-dealkylation sites (tertiary alicyclic amines) is 1. The molecule has 0 saturated carbocycles. The lowest BCUT2D eigenvalue weighted by molar-refractivity contribution is -0.139. The number of carbonyl (C=O) groups is 3. The highest BCUT2D eigenvalue weighted by Gasteiger charge is 2.51. The van der Waals surface area contributed by atoms with Crippen LogP contribution in [0.5, 0.6) is 0 Å². The lowest BCUT2D eigenvalue weighted by Crippen LogP contribution is -2.43. The second-order valence-corrected chi connectivity index (χ2v) is 8.58. The van der Waals surface area contributed by atoms with Gasteiger partial charge in [-0.2, -0.15) is 0 Å². The Hall–Kier alpha value is -2.91. The van der Waals surface area contributed by atoms with Crippen LogP contribution in [0.4, 0.5) is 16.2 Å². The largest absolute Gasteiger partial charge is 0.447 e. The van der Waals surface area contributed by atoms with Gasteiger partial charge in [-0.1, -0.05) is 19.1 Å². The second kappa shape index (κ2) is 8.55. The lowest BCUT2D eigenvalue weighted by Gasteiger charge is -2.27. The van der Waals surface area contributed by atoms with Gasteiger partial charge in [-0.15, -0.1) is 0 Å². The molecule has 2 saturated heterocycles. The van der Waals surface area contributed by atoms with E-state index in [9.17, 15) is 24.6 Å². The van der Waals surface area contributed by atoms with E-state index in [0.29, 0.717) is 36.6 Å². The number of rotatable bonds is 6. The summed E-state index contributed by atoms with van der Waals surface area (Å²) in [5.74, 6) is -1.15. The Morgan fingerprint density at radius 3 is 2.81 bits per heavy atom. The van der Waals surface area contributed by atoms with E-state index in [2.05, 4.69) is 0 Å². The van der Waals surface area contributed by atoms with Gasteiger partial charge in [0, 0.05) is 37.2 Å². The number of hydrogen-bond donors (Lipinski definition) is 2. The first-order valence-electron chi connectivity index (χ1n) is 10.9. The summed E-state index contributed by atoms with van der Waals surface area (Å²) in [5, 5.41) is 21.0. The Morgan fingerprint density at radius 2 is 2.12 bits per heavy atom. The van der Waals surface area contributed by atoms with Gasteiger partial charge in [0.1, 0.15) is 6.61 Å². The van der Waals surface area contributed by atoms with Crippen molar-refractivity contribution < 1.29 is 29.3 Å². The number of carbonyl (C=O) groups excluding carboxylic acids is 3. The maximum Gasteiger partial charge on any atom is 0.414 e. The number of ether oxygens (including phenoxy) is 1. The molecule has 1 aromatic carbocycles. The number of fused-ring (bicyclic) bond motifs is 1. The predicted molar refractivity (Wildman–Crippen MR) is 117 cm³/mol. The highest BCUT2D eigenvalue weighted by atomic mass is 16.6. The zero-order chi connectivity index (χ0) is 23.0. The first-order valence-corrected chi connectivity index (χ1v) is 10.9. The summed E-state index contributed by atoms with van der Waals surface area (Å²) in [6.07, 6.45) is 4.70. The molecule has 0 radical (unpaired) electrons. The van der Waals surface area contributed by atoms with Crippen LogP contribution < -0.4 is 9.80 Å². The minimum absolute atomic E-state index is 0.0455. The van der Waals surface area contributed by atoms with Crippen molar-refractivity contribution in [2.45, 2.75) is 37.8 Å². The molecule has 1 aromatic rings. The zero-order valence-electron chi connectivity index (χ0n) is 18.4. The molecule has 3 heterocycles. The molecule has 0 bridgehead atoms. The summed E-state index contributed by atoms with van der Waals surface area (Å²) in [6.45, 7) is 3.01. The van der Waals surface area contributed by atoms with Crippen molar-refractivity contribution in [3.8, 4) is 0 Å². The van der Waals surface area contributed by atoms with Gasteiger partial charge in [0.15, 0.2) is 5.60 Å². The molecule has 4 rings (SSSR count). The normalized spacial score (nSPS) is 26.2. The van der Waals surface area contributed by atoms with E-state index >= 15 is 0 Å². The van der Waals surface area contributed by atoms with Crippen molar-refractivity contribution in [2.75, 3.05) is 43.2 Å². The van der Waals surface area contributed by atoms with Crippen LogP contribution in [0.3, 0.4) is 0 Å². The molecule has 2 fully saturated rings. The molecule has 9 nitrogen and oxygen atoms in total. The summed E-state index contributed by atoms with van der Waals surface area (Å²) >= 11 is 0.